The molecule has 0 amide bonds. The molecule has 8 nitrogen and oxygen atoms in total. The van der Waals surface area contributed by atoms with Gasteiger partial charge in [-0.05, 0) is 45.4 Å². The Kier molecular flexibility index (Phi) is 6.45. The number of aryl methyl sites for hydroxylation is 1. The molecule has 2 aromatic rings. The molecule has 150 valence electrons. The number of aromatic amines is 1. The van der Waals surface area contributed by atoms with Crippen LogP contribution >= 0.6 is 0 Å². The number of methoxy groups -OCH3 is 1. The van der Waals surface area contributed by atoms with Crippen molar-refractivity contribution in [2.45, 2.75) is 33.8 Å². The molecule has 2 N–H and O–H groups in total. The maximum atomic E-state index is 12.7. The van der Waals surface area contributed by atoms with Gasteiger partial charge in [-0.25, -0.2) is 9.59 Å². The minimum absolute atomic E-state index is 0.114. The molecule has 1 aromatic heterocycles. The number of H-pyrrole nitrogens is 1. The summed E-state index contributed by atoms with van der Waals surface area (Å²) in [6.07, 6.45) is -1.15. The number of phenols is 1. The SMILES string of the molecule is CCOC(=O)c1c(C)[nH]c(C(=O)C(C)OC(=O)c2cccc(OC)c2O)c1C. The number of ketones is 1. The van der Waals surface area contributed by atoms with Crippen molar-refractivity contribution in [3.63, 3.8) is 0 Å². The number of Topliss-reactive ketones (excluding diaryl/α,β-unsaturated/α-hetero) is 1. The lowest BCUT2D eigenvalue weighted by Crippen LogP contribution is -2.25. The molecule has 1 unspecified atom stereocenters. The third-order valence-corrected chi connectivity index (χ3v) is 4.26. The van der Waals surface area contributed by atoms with Gasteiger partial charge in [-0.15, -0.1) is 0 Å². The number of esters is 2. The quantitative estimate of drug-likeness (QED) is 0.552. The summed E-state index contributed by atoms with van der Waals surface area (Å²) in [5.74, 6) is -2.16. The number of carbonyl (C=O) groups excluding carboxylic acids is 3. The number of aromatic nitrogens is 1. The first-order chi connectivity index (χ1) is 13.2. The molecule has 28 heavy (non-hydrogen) atoms. The monoisotopic (exact) mass is 389 g/mol. The van der Waals surface area contributed by atoms with Crippen LogP contribution in [0.3, 0.4) is 0 Å². The lowest BCUT2D eigenvalue weighted by molar-refractivity contribution is 0.0313. The van der Waals surface area contributed by atoms with Gasteiger partial charge in [0.25, 0.3) is 0 Å². The normalized spacial score (nSPS) is 11.6. The van der Waals surface area contributed by atoms with Crippen LogP contribution in [0.1, 0.15) is 56.3 Å². The fraction of sp³-hybridized carbons (Fsp3) is 0.350. The highest BCUT2D eigenvalue weighted by atomic mass is 16.5. The second-order valence-electron chi connectivity index (χ2n) is 6.11. The highest BCUT2D eigenvalue weighted by molar-refractivity contribution is 6.04. The standard InChI is InChI=1S/C20H23NO7/c1-6-27-20(25)15-10(2)16(21-11(15)3)17(22)12(4)28-19(24)13-8-7-9-14(26-5)18(13)23/h7-9,12,21,23H,6H2,1-5H3. The van der Waals surface area contributed by atoms with Crippen LogP contribution in [0.15, 0.2) is 18.2 Å². The first-order valence-corrected chi connectivity index (χ1v) is 8.70. The van der Waals surface area contributed by atoms with E-state index in [4.69, 9.17) is 14.2 Å². The van der Waals surface area contributed by atoms with E-state index in [1.807, 2.05) is 0 Å². The van der Waals surface area contributed by atoms with E-state index in [-0.39, 0.29) is 34.9 Å². The van der Waals surface area contributed by atoms with E-state index in [2.05, 4.69) is 4.98 Å². The Bertz CT molecular complexity index is 914. The van der Waals surface area contributed by atoms with Gasteiger partial charge in [-0.3, -0.25) is 4.79 Å². The van der Waals surface area contributed by atoms with E-state index in [0.717, 1.165) is 0 Å². The molecule has 0 spiro atoms. The van der Waals surface area contributed by atoms with Gasteiger partial charge in [0.1, 0.15) is 5.56 Å². The van der Waals surface area contributed by atoms with Crippen molar-refractivity contribution in [1.82, 2.24) is 4.98 Å². The zero-order valence-corrected chi connectivity index (χ0v) is 16.4. The number of para-hydroxylation sites is 1. The van der Waals surface area contributed by atoms with E-state index in [1.165, 1.54) is 32.2 Å². The summed E-state index contributed by atoms with van der Waals surface area (Å²) < 4.78 is 15.2. The lowest BCUT2D eigenvalue weighted by Gasteiger charge is -2.14. The van der Waals surface area contributed by atoms with Gasteiger partial charge < -0.3 is 24.3 Å². The Morgan fingerprint density at radius 1 is 1.18 bits per heavy atom. The van der Waals surface area contributed by atoms with Crippen molar-refractivity contribution >= 4 is 17.7 Å². The van der Waals surface area contributed by atoms with E-state index >= 15 is 0 Å². The van der Waals surface area contributed by atoms with Crippen LogP contribution in [-0.4, -0.2) is 47.6 Å². The van der Waals surface area contributed by atoms with Crippen molar-refractivity contribution in [1.29, 1.82) is 0 Å². The van der Waals surface area contributed by atoms with Crippen molar-refractivity contribution in [2.75, 3.05) is 13.7 Å². The Labute approximate surface area is 162 Å². The number of ether oxygens (including phenoxy) is 3. The molecular weight excluding hydrogens is 366 g/mol. The second kappa shape index (κ2) is 8.60. The summed E-state index contributed by atoms with van der Waals surface area (Å²) in [7, 11) is 1.35. The molecule has 0 radical (unpaired) electrons. The van der Waals surface area contributed by atoms with Crippen LogP contribution in [0.5, 0.6) is 11.5 Å². The fourth-order valence-electron chi connectivity index (χ4n) is 2.84. The van der Waals surface area contributed by atoms with Gasteiger partial charge in [0.05, 0.1) is 25.0 Å². The second-order valence-corrected chi connectivity index (χ2v) is 6.11. The smallest absolute Gasteiger partial charge is 0.342 e. The number of benzene rings is 1. The number of rotatable bonds is 7. The van der Waals surface area contributed by atoms with Crippen LogP contribution < -0.4 is 4.74 Å². The Balaban J connectivity index is 2.23. The molecule has 0 aliphatic heterocycles. The average Bonchev–Trinajstić information content (AvgIpc) is 2.95. The van der Waals surface area contributed by atoms with Crippen LogP contribution in [0.2, 0.25) is 0 Å². The highest BCUT2D eigenvalue weighted by Crippen LogP contribution is 2.30. The molecule has 1 heterocycles. The van der Waals surface area contributed by atoms with Gasteiger partial charge in [0.15, 0.2) is 17.6 Å². The molecule has 0 aliphatic rings. The van der Waals surface area contributed by atoms with E-state index < -0.39 is 23.8 Å². The maximum Gasteiger partial charge on any atom is 0.342 e. The van der Waals surface area contributed by atoms with Crippen LogP contribution in [0.25, 0.3) is 0 Å². The van der Waals surface area contributed by atoms with Gasteiger partial charge in [-0.1, -0.05) is 6.07 Å². The predicted molar refractivity (Wildman–Crippen MR) is 100 cm³/mol. The highest BCUT2D eigenvalue weighted by Gasteiger charge is 2.28. The zero-order valence-electron chi connectivity index (χ0n) is 16.4. The summed E-state index contributed by atoms with van der Waals surface area (Å²) >= 11 is 0. The zero-order chi connectivity index (χ0) is 21.0. The Morgan fingerprint density at radius 2 is 1.86 bits per heavy atom. The molecule has 0 aliphatic carbocycles. The molecule has 2 rings (SSSR count). The van der Waals surface area contributed by atoms with Crippen LogP contribution in [-0.2, 0) is 9.47 Å². The molecule has 0 saturated heterocycles. The molecule has 0 fully saturated rings. The Morgan fingerprint density at radius 3 is 2.46 bits per heavy atom. The minimum Gasteiger partial charge on any atom is -0.504 e. The van der Waals surface area contributed by atoms with Gasteiger partial charge >= 0.3 is 11.9 Å². The molecular formula is C20H23NO7. The third-order valence-electron chi connectivity index (χ3n) is 4.26. The van der Waals surface area contributed by atoms with Crippen molar-refractivity contribution in [3.05, 3.63) is 46.3 Å². The summed E-state index contributed by atoms with van der Waals surface area (Å²) in [4.78, 5) is 40.0. The van der Waals surface area contributed by atoms with Gasteiger partial charge in [0, 0.05) is 5.69 Å². The van der Waals surface area contributed by atoms with E-state index in [1.54, 1.807) is 20.8 Å². The number of hydrogen-bond donors (Lipinski definition) is 2. The molecule has 8 heteroatoms. The number of nitrogens with one attached hydrogen (secondary N) is 1. The van der Waals surface area contributed by atoms with Crippen molar-refractivity contribution in [3.8, 4) is 11.5 Å². The fourth-order valence-corrected chi connectivity index (χ4v) is 2.84. The third kappa shape index (κ3) is 4.00. The Hall–Kier alpha value is -3.29. The number of phenolic OH excluding ortho intramolecular Hbond substituents is 1. The largest absolute Gasteiger partial charge is 0.504 e. The van der Waals surface area contributed by atoms with Crippen molar-refractivity contribution < 1.29 is 33.7 Å². The van der Waals surface area contributed by atoms with Crippen molar-refractivity contribution in [2.24, 2.45) is 0 Å². The molecule has 1 atom stereocenters. The summed E-state index contributed by atoms with van der Waals surface area (Å²) in [5.41, 5.74) is 1.24. The van der Waals surface area contributed by atoms with Gasteiger partial charge in [0.2, 0.25) is 5.78 Å². The molecule has 0 bridgehead atoms. The van der Waals surface area contributed by atoms with Crippen LogP contribution in [0, 0.1) is 13.8 Å². The number of aromatic hydroxyl groups is 1. The molecule has 0 saturated carbocycles. The lowest BCUT2D eigenvalue weighted by atomic mass is 10.1. The maximum absolute atomic E-state index is 12.7. The minimum atomic E-state index is -1.15. The van der Waals surface area contributed by atoms with Crippen LogP contribution in [0.4, 0.5) is 0 Å². The summed E-state index contributed by atoms with van der Waals surface area (Å²) in [5, 5.41) is 10.1. The number of hydrogen-bond acceptors (Lipinski definition) is 7. The first-order valence-electron chi connectivity index (χ1n) is 8.70. The predicted octanol–water partition coefficient (Wildman–Crippen LogP) is 2.95. The topological polar surface area (TPSA) is 115 Å². The van der Waals surface area contributed by atoms with E-state index in [9.17, 15) is 19.5 Å². The molecule has 1 aromatic carbocycles. The summed E-state index contributed by atoms with van der Waals surface area (Å²) in [6.45, 7) is 6.59. The van der Waals surface area contributed by atoms with E-state index in [0.29, 0.717) is 11.3 Å². The van der Waals surface area contributed by atoms with Gasteiger partial charge in [-0.2, -0.15) is 0 Å². The summed E-state index contributed by atoms with van der Waals surface area (Å²) in [6, 6.07) is 4.37. The first kappa shape index (κ1) is 21.0. The average molecular weight is 389 g/mol. The number of carbonyl (C=O) groups is 3.